The van der Waals surface area contributed by atoms with Crippen LogP contribution in [0.5, 0.6) is 0 Å². The van der Waals surface area contributed by atoms with Crippen molar-refractivity contribution < 1.29 is 5.11 Å². The molecule has 0 aromatic heterocycles. The lowest BCUT2D eigenvalue weighted by Gasteiger charge is -2.39. The summed E-state index contributed by atoms with van der Waals surface area (Å²) in [6.07, 6.45) is 0. The summed E-state index contributed by atoms with van der Waals surface area (Å²) in [5, 5.41) is 10.1. The molecule has 2 rings (SSSR count). The highest BCUT2D eigenvalue weighted by Gasteiger charge is 2.23. The lowest BCUT2D eigenvalue weighted by atomic mass is 10.1. The third-order valence-electron chi connectivity index (χ3n) is 3.51. The van der Waals surface area contributed by atoms with Crippen LogP contribution >= 0.6 is 11.6 Å². The average Bonchev–Trinajstić information content (AvgIpc) is 2.33. The highest BCUT2D eigenvalue weighted by Crippen LogP contribution is 2.24. The zero-order valence-electron chi connectivity index (χ0n) is 10.4. The molecule has 3 nitrogen and oxygen atoms in total. The Kier molecular flexibility index (Phi) is 3.92. The summed E-state index contributed by atoms with van der Waals surface area (Å²) in [6.45, 7) is 5.01. The molecule has 0 spiro atoms. The van der Waals surface area contributed by atoms with E-state index in [1.807, 2.05) is 19.1 Å². The van der Waals surface area contributed by atoms with Crippen molar-refractivity contribution in [3.8, 4) is 0 Å². The van der Waals surface area contributed by atoms with Gasteiger partial charge in [0.1, 0.15) is 0 Å². The fourth-order valence-corrected chi connectivity index (χ4v) is 2.33. The van der Waals surface area contributed by atoms with Crippen molar-refractivity contribution >= 4 is 17.3 Å². The normalized spacial score (nSPS) is 21.9. The van der Waals surface area contributed by atoms with Crippen molar-refractivity contribution in [3.63, 3.8) is 0 Å². The lowest BCUT2D eigenvalue weighted by molar-refractivity contribution is 0.135. The van der Waals surface area contributed by atoms with Crippen LogP contribution in [0.3, 0.4) is 0 Å². The molecule has 1 N–H and O–H groups in total. The number of piperazine rings is 1. The van der Waals surface area contributed by atoms with E-state index in [0.717, 1.165) is 35.9 Å². The van der Waals surface area contributed by atoms with E-state index in [4.69, 9.17) is 11.6 Å². The molecule has 0 bridgehead atoms. The molecular weight excluding hydrogens is 236 g/mol. The molecule has 1 aromatic rings. The van der Waals surface area contributed by atoms with E-state index in [1.54, 1.807) is 0 Å². The van der Waals surface area contributed by atoms with Gasteiger partial charge in [-0.15, -0.1) is 0 Å². The maximum absolute atomic E-state index is 9.33. The smallest absolute Gasteiger partial charge is 0.0604 e. The number of likely N-dealkylation sites (N-methyl/N-ethyl adjacent to an activating group) is 1. The summed E-state index contributed by atoms with van der Waals surface area (Å²) in [6, 6.07) is 6.37. The molecule has 1 atom stereocenters. The number of aliphatic hydroxyl groups excluding tert-OH is 1. The quantitative estimate of drug-likeness (QED) is 0.871. The first-order valence-corrected chi connectivity index (χ1v) is 6.32. The summed E-state index contributed by atoms with van der Waals surface area (Å²) in [7, 11) is 2.06. The van der Waals surface area contributed by atoms with E-state index in [1.165, 1.54) is 0 Å². The lowest BCUT2D eigenvalue weighted by Crippen LogP contribution is -2.53. The maximum atomic E-state index is 9.33. The number of aryl methyl sites for hydroxylation is 1. The Morgan fingerprint density at radius 1 is 1.41 bits per heavy atom. The summed E-state index contributed by atoms with van der Waals surface area (Å²) in [4.78, 5) is 4.48. The van der Waals surface area contributed by atoms with E-state index < -0.39 is 0 Å². The molecule has 0 saturated carbocycles. The molecule has 1 fully saturated rings. The van der Waals surface area contributed by atoms with E-state index in [2.05, 4.69) is 22.9 Å². The SMILES string of the molecule is Cc1ccc(N2CCN(C)C(CO)C2)cc1Cl. The van der Waals surface area contributed by atoms with Crippen LogP contribution in [-0.2, 0) is 0 Å². The van der Waals surface area contributed by atoms with Crippen LogP contribution in [0.25, 0.3) is 0 Å². The monoisotopic (exact) mass is 254 g/mol. The first-order valence-electron chi connectivity index (χ1n) is 5.94. The summed E-state index contributed by atoms with van der Waals surface area (Å²) < 4.78 is 0. The highest BCUT2D eigenvalue weighted by atomic mass is 35.5. The number of hydrogen-bond acceptors (Lipinski definition) is 3. The largest absolute Gasteiger partial charge is 0.395 e. The molecule has 0 aliphatic carbocycles. The van der Waals surface area contributed by atoms with Crippen LogP contribution in [0, 0.1) is 6.92 Å². The second-order valence-corrected chi connectivity index (χ2v) is 5.10. The number of nitrogens with zero attached hydrogens (tertiary/aromatic N) is 2. The van der Waals surface area contributed by atoms with Crippen molar-refractivity contribution in [2.45, 2.75) is 13.0 Å². The number of halogens is 1. The van der Waals surface area contributed by atoms with Gasteiger partial charge in [-0.1, -0.05) is 17.7 Å². The van der Waals surface area contributed by atoms with Crippen LogP contribution in [0.15, 0.2) is 18.2 Å². The molecule has 0 radical (unpaired) electrons. The van der Waals surface area contributed by atoms with Gasteiger partial charge >= 0.3 is 0 Å². The molecule has 94 valence electrons. The minimum absolute atomic E-state index is 0.201. The number of rotatable bonds is 2. The van der Waals surface area contributed by atoms with Crippen molar-refractivity contribution in [1.29, 1.82) is 0 Å². The second-order valence-electron chi connectivity index (χ2n) is 4.70. The molecule has 4 heteroatoms. The Morgan fingerprint density at radius 2 is 2.18 bits per heavy atom. The van der Waals surface area contributed by atoms with Gasteiger partial charge in [0, 0.05) is 30.3 Å². The minimum atomic E-state index is 0.201. The topological polar surface area (TPSA) is 26.7 Å². The standard InChI is InChI=1S/C13H19ClN2O/c1-10-3-4-11(7-13(10)14)16-6-5-15(2)12(8-16)9-17/h3-4,7,12,17H,5-6,8-9H2,1-2H3. The van der Waals surface area contributed by atoms with Crippen molar-refractivity contribution in [2.24, 2.45) is 0 Å². The molecule has 1 saturated heterocycles. The number of aliphatic hydroxyl groups is 1. The summed E-state index contributed by atoms with van der Waals surface area (Å²) in [5.41, 5.74) is 2.25. The van der Waals surface area contributed by atoms with Crippen LogP contribution in [0.1, 0.15) is 5.56 Å². The van der Waals surface area contributed by atoms with E-state index in [0.29, 0.717) is 0 Å². The third kappa shape index (κ3) is 2.73. The van der Waals surface area contributed by atoms with E-state index >= 15 is 0 Å². The first-order chi connectivity index (χ1) is 8.11. The molecule has 17 heavy (non-hydrogen) atoms. The van der Waals surface area contributed by atoms with Gasteiger partial charge in [0.25, 0.3) is 0 Å². The summed E-state index contributed by atoms with van der Waals surface area (Å²) in [5.74, 6) is 0. The Labute approximate surface area is 108 Å². The fourth-order valence-electron chi connectivity index (χ4n) is 2.16. The van der Waals surface area contributed by atoms with Gasteiger partial charge in [0.2, 0.25) is 0 Å². The second kappa shape index (κ2) is 5.25. The van der Waals surface area contributed by atoms with Gasteiger partial charge < -0.3 is 10.0 Å². The molecule has 1 unspecified atom stereocenters. The van der Waals surface area contributed by atoms with Crippen molar-refractivity contribution in [1.82, 2.24) is 4.90 Å². The van der Waals surface area contributed by atoms with Gasteiger partial charge in [0.05, 0.1) is 12.6 Å². The maximum Gasteiger partial charge on any atom is 0.0604 e. The molecule has 1 aromatic carbocycles. The van der Waals surface area contributed by atoms with Crippen LogP contribution in [0.4, 0.5) is 5.69 Å². The van der Waals surface area contributed by atoms with Gasteiger partial charge in [0.15, 0.2) is 0 Å². The van der Waals surface area contributed by atoms with Gasteiger partial charge in [-0.25, -0.2) is 0 Å². The zero-order chi connectivity index (χ0) is 12.4. The van der Waals surface area contributed by atoms with E-state index in [-0.39, 0.29) is 12.6 Å². The molecule has 1 aliphatic rings. The number of hydrogen-bond donors (Lipinski definition) is 1. The van der Waals surface area contributed by atoms with Crippen molar-refractivity contribution in [2.75, 3.05) is 38.2 Å². The zero-order valence-corrected chi connectivity index (χ0v) is 11.1. The minimum Gasteiger partial charge on any atom is -0.395 e. The Hall–Kier alpha value is -0.770. The first kappa shape index (κ1) is 12.7. The molecular formula is C13H19ClN2O. The predicted octanol–water partition coefficient (Wildman–Crippen LogP) is 1.76. The highest BCUT2D eigenvalue weighted by molar-refractivity contribution is 6.31. The Morgan fingerprint density at radius 3 is 2.82 bits per heavy atom. The Bertz CT molecular complexity index is 397. The Balaban J connectivity index is 2.14. The van der Waals surface area contributed by atoms with Crippen LogP contribution in [-0.4, -0.2) is 49.3 Å². The third-order valence-corrected chi connectivity index (χ3v) is 3.92. The fraction of sp³-hybridized carbons (Fsp3) is 0.538. The number of anilines is 1. The van der Waals surface area contributed by atoms with Gasteiger partial charge in [-0.05, 0) is 31.7 Å². The number of benzene rings is 1. The average molecular weight is 255 g/mol. The van der Waals surface area contributed by atoms with Gasteiger partial charge in [-0.2, -0.15) is 0 Å². The van der Waals surface area contributed by atoms with Gasteiger partial charge in [-0.3, -0.25) is 4.90 Å². The molecule has 1 heterocycles. The molecule has 0 amide bonds. The predicted molar refractivity (Wildman–Crippen MR) is 71.9 cm³/mol. The van der Waals surface area contributed by atoms with Crippen molar-refractivity contribution in [3.05, 3.63) is 28.8 Å². The van der Waals surface area contributed by atoms with Crippen LogP contribution in [0.2, 0.25) is 5.02 Å². The molecule has 1 aliphatic heterocycles. The van der Waals surface area contributed by atoms with Crippen LogP contribution < -0.4 is 4.90 Å². The summed E-state index contributed by atoms with van der Waals surface area (Å²) >= 11 is 6.15. The van der Waals surface area contributed by atoms with E-state index in [9.17, 15) is 5.11 Å².